The maximum atomic E-state index is 10.5. The Morgan fingerprint density at radius 1 is 1.57 bits per heavy atom. The van der Waals surface area contributed by atoms with Crippen molar-refractivity contribution in [1.82, 2.24) is 5.16 Å². The minimum absolute atomic E-state index is 0.128. The number of rotatable bonds is 4. The highest BCUT2D eigenvalue weighted by atomic mass is 16.5. The van der Waals surface area contributed by atoms with Crippen molar-refractivity contribution in [1.29, 1.82) is 0 Å². The maximum absolute atomic E-state index is 10.5. The summed E-state index contributed by atoms with van der Waals surface area (Å²) < 4.78 is 4.81. The van der Waals surface area contributed by atoms with E-state index in [4.69, 9.17) is 9.63 Å². The molecule has 0 aromatic carbocycles. The van der Waals surface area contributed by atoms with Crippen LogP contribution in [0.3, 0.4) is 0 Å². The predicted molar refractivity (Wildman–Crippen MR) is 51.8 cm³/mol. The number of allylic oxidation sites excluding steroid dienone is 4. The van der Waals surface area contributed by atoms with E-state index in [0.29, 0.717) is 11.3 Å². The first kappa shape index (κ1) is 9.98. The molecule has 1 rings (SSSR count). The molecule has 4 nitrogen and oxygen atoms in total. The quantitative estimate of drug-likeness (QED) is 0.740. The van der Waals surface area contributed by atoms with E-state index in [2.05, 4.69) is 18.3 Å². The SMILES string of the molecule is C=C/C=C(\C=C)c1cc(C(=O)O)no1. The summed E-state index contributed by atoms with van der Waals surface area (Å²) in [7, 11) is 0. The zero-order valence-electron chi connectivity index (χ0n) is 7.43. The summed E-state index contributed by atoms with van der Waals surface area (Å²) in [4.78, 5) is 10.5. The van der Waals surface area contributed by atoms with Crippen LogP contribution < -0.4 is 0 Å². The number of hydrogen-bond donors (Lipinski definition) is 1. The fourth-order valence-corrected chi connectivity index (χ4v) is 0.890. The van der Waals surface area contributed by atoms with Crippen molar-refractivity contribution in [2.45, 2.75) is 0 Å². The monoisotopic (exact) mass is 191 g/mol. The van der Waals surface area contributed by atoms with E-state index in [-0.39, 0.29) is 5.69 Å². The Balaban J connectivity index is 3.06. The fourth-order valence-electron chi connectivity index (χ4n) is 0.890. The van der Waals surface area contributed by atoms with Crippen molar-refractivity contribution in [3.63, 3.8) is 0 Å². The maximum Gasteiger partial charge on any atom is 0.358 e. The standard InChI is InChI=1S/C10H9NO3/c1-3-5-7(4-2)9-6-8(10(12)13)11-14-9/h3-6H,1-2H2,(H,12,13)/b7-5+. The molecule has 1 aromatic heterocycles. The molecule has 1 heterocycles. The number of hydrogen-bond acceptors (Lipinski definition) is 3. The van der Waals surface area contributed by atoms with Crippen LogP contribution in [0.5, 0.6) is 0 Å². The van der Waals surface area contributed by atoms with Gasteiger partial charge in [0.15, 0.2) is 11.5 Å². The van der Waals surface area contributed by atoms with Gasteiger partial charge in [-0.2, -0.15) is 0 Å². The van der Waals surface area contributed by atoms with Gasteiger partial charge in [0.25, 0.3) is 0 Å². The zero-order valence-corrected chi connectivity index (χ0v) is 7.43. The third-order valence-corrected chi connectivity index (χ3v) is 1.53. The van der Waals surface area contributed by atoms with Gasteiger partial charge >= 0.3 is 5.97 Å². The van der Waals surface area contributed by atoms with Crippen molar-refractivity contribution < 1.29 is 14.4 Å². The van der Waals surface area contributed by atoms with Crippen LogP contribution in [-0.2, 0) is 0 Å². The Morgan fingerprint density at radius 2 is 2.29 bits per heavy atom. The van der Waals surface area contributed by atoms with Gasteiger partial charge in [0.2, 0.25) is 0 Å². The topological polar surface area (TPSA) is 63.3 Å². The van der Waals surface area contributed by atoms with Crippen molar-refractivity contribution in [3.05, 3.63) is 48.9 Å². The highest BCUT2D eigenvalue weighted by Gasteiger charge is 2.11. The molecule has 0 saturated heterocycles. The van der Waals surface area contributed by atoms with E-state index in [0.717, 1.165) is 0 Å². The average molecular weight is 191 g/mol. The van der Waals surface area contributed by atoms with Gasteiger partial charge in [-0.05, 0) is 0 Å². The first-order chi connectivity index (χ1) is 6.69. The molecule has 0 amide bonds. The van der Waals surface area contributed by atoms with Gasteiger partial charge < -0.3 is 9.63 Å². The van der Waals surface area contributed by atoms with E-state index < -0.39 is 5.97 Å². The van der Waals surface area contributed by atoms with E-state index in [1.54, 1.807) is 12.2 Å². The predicted octanol–water partition coefficient (Wildman–Crippen LogP) is 2.13. The lowest BCUT2D eigenvalue weighted by Gasteiger charge is -1.90. The highest BCUT2D eigenvalue weighted by molar-refractivity contribution is 5.86. The molecule has 0 fully saturated rings. The summed E-state index contributed by atoms with van der Waals surface area (Å²) in [5.41, 5.74) is 0.511. The molecule has 0 spiro atoms. The van der Waals surface area contributed by atoms with Crippen molar-refractivity contribution in [3.8, 4) is 0 Å². The number of carbonyl (C=O) groups is 1. The molecule has 0 aliphatic heterocycles. The van der Waals surface area contributed by atoms with Gasteiger partial charge in [-0.25, -0.2) is 4.79 Å². The molecule has 14 heavy (non-hydrogen) atoms. The van der Waals surface area contributed by atoms with Gasteiger partial charge in [0, 0.05) is 11.6 Å². The Hall–Kier alpha value is -2.10. The summed E-state index contributed by atoms with van der Waals surface area (Å²) in [5.74, 6) is -0.765. The van der Waals surface area contributed by atoms with E-state index >= 15 is 0 Å². The Morgan fingerprint density at radius 3 is 2.71 bits per heavy atom. The lowest BCUT2D eigenvalue weighted by atomic mass is 10.2. The summed E-state index contributed by atoms with van der Waals surface area (Å²) >= 11 is 0. The smallest absolute Gasteiger partial charge is 0.358 e. The average Bonchev–Trinajstić information content (AvgIpc) is 2.63. The lowest BCUT2D eigenvalue weighted by Crippen LogP contribution is -1.94. The minimum Gasteiger partial charge on any atom is -0.476 e. The molecule has 1 N–H and O–H groups in total. The number of aromatic carboxylic acids is 1. The highest BCUT2D eigenvalue weighted by Crippen LogP contribution is 2.16. The van der Waals surface area contributed by atoms with Crippen molar-refractivity contribution in [2.75, 3.05) is 0 Å². The number of carboxylic acids is 1. The fraction of sp³-hybridized carbons (Fsp3) is 0. The van der Waals surface area contributed by atoms with Crippen LogP contribution in [-0.4, -0.2) is 16.2 Å². The van der Waals surface area contributed by atoms with Crippen molar-refractivity contribution in [2.24, 2.45) is 0 Å². The van der Waals surface area contributed by atoms with Crippen molar-refractivity contribution >= 4 is 11.5 Å². The molecular formula is C10H9NO3. The van der Waals surface area contributed by atoms with Gasteiger partial charge in [-0.3, -0.25) is 0 Å². The zero-order chi connectivity index (χ0) is 10.6. The second-order valence-electron chi connectivity index (χ2n) is 2.44. The van der Waals surface area contributed by atoms with Gasteiger partial charge in [0.1, 0.15) is 0 Å². The van der Waals surface area contributed by atoms with Crippen LogP contribution in [0.25, 0.3) is 5.57 Å². The summed E-state index contributed by atoms with van der Waals surface area (Å²) in [6.07, 6.45) is 4.74. The third-order valence-electron chi connectivity index (χ3n) is 1.53. The summed E-state index contributed by atoms with van der Waals surface area (Å²) in [6, 6.07) is 1.33. The largest absolute Gasteiger partial charge is 0.476 e. The molecule has 1 aromatic rings. The van der Waals surface area contributed by atoms with Crippen LogP contribution in [0.15, 0.2) is 42.0 Å². The second-order valence-corrected chi connectivity index (χ2v) is 2.44. The molecule has 0 atom stereocenters. The molecule has 4 heteroatoms. The Kier molecular flexibility index (Phi) is 3.01. The van der Waals surface area contributed by atoms with Crippen LogP contribution in [0.2, 0.25) is 0 Å². The van der Waals surface area contributed by atoms with Gasteiger partial charge in [-0.15, -0.1) is 0 Å². The van der Waals surface area contributed by atoms with Crippen LogP contribution >= 0.6 is 0 Å². The molecular weight excluding hydrogens is 182 g/mol. The first-order valence-corrected chi connectivity index (χ1v) is 3.84. The van der Waals surface area contributed by atoms with E-state index in [1.807, 2.05) is 0 Å². The summed E-state index contributed by atoms with van der Waals surface area (Å²) in [5, 5.41) is 12.0. The third kappa shape index (κ3) is 1.98. The lowest BCUT2D eigenvalue weighted by molar-refractivity contribution is 0.0685. The number of aromatic nitrogens is 1. The molecule has 0 saturated carbocycles. The van der Waals surface area contributed by atoms with Gasteiger partial charge in [-0.1, -0.05) is 36.5 Å². The van der Waals surface area contributed by atoms with Crippen LogP contribution in [0.1, 0.15) is 16.2 Å². The molecule has 0 bridgehead atoms. The molecule has 72 valence electrons. The summed E-state index contributed by atoms with van der Waals surface area (Å²) in [6.45, 7) is 7.07. The van der Waals surface area contributed by atoms with E-state index in [1.165, 1.54) is 12.1 Å². The normalized spacial score (nSPS) is 11.0. The minimum atomic E-state index is -1.12. The number of carboxylic acid groups (broad SMARTS) is 1. The molecule has 0 radical (unpaired) electrons. The second kappa shape index (κ2) is 4.23. The van der Waals surface area contributed by atoms with Gasteiger partial charge in [0.05, 0.1) is 0 Å². The first-order valence-electron chi connectivity index (χ1n) is 3.84. The van der Waals surface area contributed by atoms with Crippen LogP contribution in [0.4, 0.5) is 0 Å². The Labute approximate surface area is 80.8 Å². The molecule has 0 aliphatic carbocycles. The number of nitrogens with zero attached hydrogens (tertiary/aromatic N) is 1. The molecule has 0 aliphatic rings. The molecule has 0 unspecified atom stereocenters. The van der Waals surface area contributed by atoms with E-state index in [9.17, 15) is 4.79 Å². The van der Waals surface area contributed by atoms with Crippen LogP contribution in [0, 0.1) is 0 Å². The Bertz CT molecular complexity index is 401.